The maximum Gasteiger partial charge on any atom is 0.345 e. The van der Waals surface area contributed by atoms with Crippen LogP contribution < -0.4 is 11.1 Å². The minimum Gasteiger partial charge on any atom is -0.422 e. The summed E-state index contributed by atoms with van der Waals surface area (Å²) in [6, 6.07) is 12.2. The van der Waals surface area contributed by atoms with E-state index in [4.69, 9.17) is 4.42 Å². The number of rotatable bonds is 3. The highest BCUT2D eigenvalue weighted by Crippen LogP contribution is 2.12. The molecule has 6 heteroatoms. The average Bonchev–Trinajstić information content (AvgIpc) is 2.59. The number of nitrogens with zero attached hydrogens (tertiary/aromatic N) is 2. The number of carbonyl (C=O) groups is 1. The molecule has 114 valence electrons. The van der Waals surface area contributed by atoms with Gasteiger partial charge in [-0.3, -0.25) is 9.78 Å². The summed E-state index contributed by atoms with van der Waals surface area (Å²) in [5.41, 5.74) is 3.46. The van der Waals surface area contributed by atoms with E-state index in [9.17, 15) is 9.59 Å². The summed E-state index contributed by atoms with van der Waals surface area (Å²) in [4.78, 5) is 27.8. The van der Waals surface area contributed by atoms with E-state index in [2.05, 4.69) is 15.5 Å². The van der Waals surface area contributed by atoms with E-state index >= 15 is 0 Å². The van der Waals surface area contributed by atoms with Crippen LogP contribution in [0.25, 0.3) is 11.0 Å². The van der Waals surface area contributed by atoms with Crippen molar-refractivity contribution in [2.45, 2.75) is 6.92 Å². The quantitative estimate of drug-likeness (QED) is 0.457. The van der Waals surface area contributed by atoms with Crippen LogP contribution in [-0.4, -0.2) is 16.6 Å². The fourth-order valence-corrected chi connectivity index (χ4v) is 2.07. The van der Waals surface area contributed by atoms with Crippen LogP contribution in [0.1, 0.15) is 22.8 Å². The summed E-state index contributed by atoms with van der Waals surface area (Å²) in [6.07, 6.45) is 3.01. The Morgan fingerprint density at radius 1 is 1.22 bits per heavy atom. The van der Waals surface area contributed by atoms with Gasteiger partial charge in [0.15, 0.2) is 0 Å². The van der Waals surface area contributed by atoms with Crippen LogP contribution in [-0.2, 0) is 0 Å². The van der Waals surface area contributed by atoms with E-state index in [0.29, 0.717) is 22.4 Å². The third-order valence-corrected chi connectivity index (χ3v) is 3.28. The van der Waals surface area contributed by atoms with Crippen molar-refractivity contribution in [2.24, 2.45) is 5.10 Å². The first-order valence-electron chi connectivity index (χ1n) is 6.93. The number of pyridine rings is 1. The molecular formula is C17H13N3O3. The lowest BCUT2D eigenvalue weighted by Crippen LogP contribution is -2.21. The maximum atomic E-state index is 12.0. The van der Waals surface area contributed by atoms with Gasteiger partial charge in [-0.25, -0.2) is 10.2 Å². The Morgan fingerprint density at radius 2 is 2.04 bits per heavy atom. The SMILES string of the molecule is CC(=NNC(=O)c1cccnc1)c1cc2ccccc2oc1=O. The standard InChI is InChI=1S/C17H13N3O3/c1-11(19-20-16(21)13-6-4-8-18-10-13)14-9-12-5-2-3-7-15(12)23-17(14)22/h2-10H,1H3,(H,20,21). The van der Waals surface area contributed by atoms with Crippen LogP contribution >= 0.6 is 0 Å². The topological polar surface area (TPSA) is 84.6 Å². The van der Waals surface area contributed by atoms with Crippen LogP contribution in [0.5, 0.6) is 0 Å². The lowest BCUT2D eigenvalue weighted by Gasteiger charge is -2.03. The van der Waals surface area contributed by atoms with Crippen LogP contribution in [0.2, 0.25) is 0 Å². The van der Waals surface area contributed by atoms with Crippen molar-refractivity contribution in [3.8, 4) is 0 Å². The molecule has 3 aromatic rings. The van der Waals surface area contributed by atoms with Gasteiger partial charge in [0.1, 0.15) is 5.58 Å². The Hall–Kier alpha value is -3.28. The van der Waals surface area contributed by atoms with Crippen LogP contribution in [0.15, 0.2) is 69.2 Å². The molecule has 0 aliphatic rings. The van der Waals surface area contributed by atoms with E-state index in [1.165, 1.54) is 6.20 Å². The van der Waals surface area contributed by atoms with Crippen molar-refractivity contribution < 1.29 is 9.21 Å². The fourth-order valence-electron chi connectivity index (χ4n) is 2.07. The van der Waals surface area contributed by atoms with Gasteiger partial charge in [-0.2, -0.15) is 5.10 Å². The van der Waals surface area contributed by atoms with Gasteiger partial charge in [-0.05, 0) is 31.2 Å². The average molecular weight is 307 g/mol. The van der Waals surface area contributed by atoms with Gasteiger partial charge in [0.05, 0.1) is 16.8 Å². The third-order valence-electron chi connectivity index (χ3n) is 3.28. The first kappa shape index (κ1) is 14.6. The summed E-state index contributed by atoms with van der Waals surface area (Å²) in [6.45, 7) is 1.63. The summed E-state index contributed by atoms with van der Waals surface area (Å²) in [5, 5.41) is 4.75. The van der Waals surface area contributed by atoms with E-state index in [-0.39, 0.29) is 0 Å². The van der Waals surface area contributed by atoms with E-state index in [0.717, 1.165) is 5.39 Å². The Labute approximate surface area is 131 Å². The lowest BCUT2D eigenvalue weighted by atomic mass is 10.1. The number of amides is 1. The molecule has 23 heavy (non-hydrogen) atoms. The number of nitrogens with one attached hydrogen (secondary N) is 1. The first-order chi connectivity index (χ1) is 11.1. The molecule has 0 saturated heterocycles. The molecule has 0 aliphatic heterocycles. The van der Waals surface area contributed by atoms with Gasteiger partial charge in [0, 0.05) is 17.8 Å². The van der Waals surface area contributed by atoms with Crippen molar-refractivity contribution in [3.63, 3.8) is 0 Å². The predicted octanol–water partition coefficient (Wildman–Crippen LogP) is 2.34. The Morgan fingerprint density at radius 3 is 2.83 bits per heavy atom. The fraction of sp³-hybridized carbons (Fsp3) is 0.0588. The first-order valence-corrected chi connectivity index (χ1v) is 6.93. The largest absolute Gasteiger partial charge is 0.422 e. The molecule has 3 rings (SSSR count). The van der Waals surface area contributed by atoms with E-state index in [1.807, 2.05) is 12.1 Å². The normalized spacial score (nSPS) is 11.4. The van der Waals surface area contributed by atoms with Crippen LogP contribution in [0.4, 0.5) is 0 Å². The number of benzene rings is 1. The van der Waals surface area contributed by atoms with Gasteiger partial charge < -0.3 is 4.42 Å². The Balaban J connectivity index is 1.88. The summed E-state index contributed by atoms with van der Waals surface area (Å²) >= 11 is 0. The second-order valence-electron chi connectivity index (χ2n) is 4.87. The molecule has 0 spiro atoms. The molecule has 0 radical (unpaired) electrons. The van der Waals surface area contributed by atoms with Crippen molar-refractivity contribution >= 4 is 22.6 Å². The molecule has 0 atom stereocenters. The highest BCUT2D eigenvalue weighted by Gasteiger charge is 2.09. The number of fused-ring (bicyclic) bond motifs is 1. The second kappa shape index (κ2) is 6.23. The van der Waals surface area contributed by atoms with E-state index < -0.39 is 11.5 Å². The highest BCUT2D eigenvalue weighted by molar-refractivity contribution is 6.02. The zero-order valence-corrected chi connectivity index (χ0v) is 12.3. The number of aromatic nitrogens is 1. The van der Waals surface area contributed by atoms with Gasteiger partial charge in [-0.15, -0.1) is 0 Å². The van der Waals surface area contributed by atoms with Crippen LogP contribution in [0, 0.1) is 0 Å². The molecule has 0 saturated carbocycles. The zero-order chi connectivity index (χ0) is 16.2. The molecule has 6 nitrogen and oxygen atoms in total. The molecule has 0 unspecified atom stereocenters. The van der Waals surface area contributed by atoms with Crippen molar-refractivity contribution in [3.05, 3.63) is 76.4 Å². The molecule has 2 aromatic heterocycles. The minimum absolute atomic E-state index is 0.301. The minimum atomic E-state index is -0.499. The summed E-state index contributed by atoms with van der Waals surface area (Å²) in [5.74, 6) is -0.400. The second-order valence-corrected chi connectivity index (χ2v) is 4.87. The van der Waals surface area contributed by atoms with Gasteiger partial charge >= 0.3 is 5.63 Å². The van der Waals surface area contributed by atoms with Crippen molar-refractivity contribution in [1.29, 1.82) is 0 Å². The molecule has 0 fully saturated rings. The lowest BCUT2D eigenvalue weighted by molar-refractivity contribution is 0.0954. The Bertz CT molecular complexity index is 946. The maximum absolute atomic E-state index is 12.0. The number of hydrogen-bond acceptors (Lipinski definition) is 5. The smallest absolute Gasteiger partial charge is 0.345 e. The summed E-state index contributed by atoms with van der Waals surface area (Å²) in [7, 11) is 0. The predicted molar refractivity (Wildman–Crippen MR) is 86.4 cm³/mol. The van der Waals surface area contributed by atoms with Gasteiger partial charge in [0.2, 0.25) is 0 Å². The highest BCUT2D eigenvalue weighted by atomic mass is 16.4. The number of para-hydroxylation sites is 1. The molecule has 0 aliphatic carbocycles. The molecule has 1 aromatic carbocycles. The molecule has 2 heterocycles. The third kappa shape index (κ3) is 3.16. The number of hydrogen-bond donors (Lipinski definition) is 1. The zero-order valence-electron chi connectivity index (χ0n) is 12.3. The molecule has 1 N–H and O–H groups in total. The van der Waals surface area contributed by atoms with E-state index in [1.54, 1.807) is 43.5 Å². The Kier molecular flexibility index (Phi) is 3.97. The number of hydrazone groups is 1. The van der Waals surface area contributed by atoms with Gasteiger partial charge in [0.25, 0.3) is 5.91 Å². The molecule has 1 amide bonds. The monoisotopic (exact) mass is 307 g/mol. The van der Waals surface area contributed by atoms with Gasteiger partial charge in [-0.1, -0.05) is 18.2 Å². The summed E-state index contributed by atoms with van der Waals surface area (Å²) < 4.78 is 5.25. The van der Waals surface area contributed by atoms with Crippen molar-refractivity contribution in [1.82, 2.24) is 10.4 Å². The van der Waals surface area contributed by atoms with Crippen LogP contribution in [0.3, 0.4) is 0 Å². The number of carbonyl (C=O) groups excluding carboxylic acids is 1. The molecular weight excluding hydrogens is 294 g/mol. The van der Waals surface area contributed by atoms with Crippen molar-refractivity contribution in [2.75, 3.05) is 0 Å². The molecule has 0 bridgehead atoms.